The van der Waals surface area contributed by atoms with Gasteiger partial charge in [0.15, 0.2) is 0 Å². The molecule has 0 saturated heterocycles. The summed E-state index contributed by atoms with van der Waals surface area (Å²) in [6.45, 7) is 0.582. The zero-order valence-corrected chi connectivity index (χ0v) is 16.3. The largest absolute Gasteiger partial charge is 0.346 e. The first kappa shape index (κ1) is 18.2. The monoisotopic (exact) mass is 369 g/mol. The van der Waals surface area contributed by atoms with Gasteiger partial charge in [-0.2, -0.15) is 0 Å². The average molecular weight is 369 g/mol. The molecule has 140 valence electrons. The lowest BCUT2D eigenvalue weighted by atomic mass is 9.97. The summed E-state index contributed by atoms with van der Waals surface area (Å²) in [6, 6.07) is 28.9. The Balaban J connectivity index is 1.62. The van der Waals surface area contributed by atoms with Crippen molar-refractivity contribution in [3.8, 4) is 0 Å². The number of amides is 1. The van der Waals surface area contributed by atoms with Crippen molar-refractivity contribution in [1.82, 2.24) is 5.32 Å². The molecule has 3 heteroatoms. The van der Waals surface area contributed by atoms with E-state index in [-0.39, 0.29) is 11.9 Å². The van der Waals surface area contributed by atoms with Gasteiger partial charge in [-0.15, -0.1) is 0 Å². The van der Waals surface area contributed by atoms with E-state index in [1.807, 2.05) is 42.5 Å². The topological polar surface area (TPSA) is 33.5 Å². The van der Waals surface area contributed by atoms with Gasteiger partial charge in [-0.05, 0) is 27.6 Å². The number of benzene rings is 4. The first-order valence-corrected chi connectivity index (χ1v) is 9.69. The zero-order chi connectivity index (χ0) is 19.5. The summed E-state index contributed by atoms with van der Waals surface area (Å²) in [5, 5.41) is 7.72. The van der Waals surface area contributed by atoms with E-state index in [1.54, 1.807) is 0 Å². The van der Waals surface area contributed by atoms with Gasteiger partial charge in [0.2, 0.25) is 0 Å². The molecule has 1 atom stereocenters. The van der Waals surface area contributed by atoms with Crippen molar-refractivity contribution in [2.75, 3.05) is 20.6 Å². The fourth-order valence-corrected chi connectivity index (χ4v) is 3.89. The second-order valence-electron chi connectivity index (χ2n) is 7.44. The number of quaternary nitrogens is 1. The van der Waals surface area contributed by atoms with Crippen molar-refractivity contribution in [1.29, 1.82) is 0 Å². The van der Waals surface area contributed by atoms with Crippen molar-refractivity contribution >= 4 is 27.5 Å². The number of rotatable bonds is 5. The Labute approximate surface area is 165 Å². The Morgan fingerprint density at radius 1 is 0.786 bits per heavy atom. The summed E-state index contributed by atoms with van der Waals surface area (Å²) in [6.07, 6.45) is 0. The number of nitrogens with one attached hydrogen (secondary N) is 2. The number of fused-ring (bicyclic) bond motifs is 2. The molecule has 0 bridgehead atoms. The lowest BCUT2D eigenvalue weighted by Crippen LogP contribution is -3.07. The molecule has 0 radical (unpaired) electrons. The third-order valence-corrected chi connectivity index (χ3v) is 5.40. The molecule has 0 unspecified atom stereocenters. The molecule has 4 aromatic carbocycles. The molecule has 1 amide bonds. The lowest BCUT2D eigenvalue weighted by molar-refractivity contribution is -0.890. The van der Waals surface area contributed by atoms with Crippen LogP contribution in [0.15, 0.2) is 84.9 Å². The molecular weight excluding hydrogens is 344 g/mol. The van der Waals surface area contributed by atoms with E-state index in [1.165, 1.54) is 21.2 Å². The smallest absolute Gasteiger partial charge is 0.252 e. The van der Waals surface area contributed by atoms with Gasteiger partial charge in [-0.25, -0.2) is 0 Å². The van der Waals surface area contributed by atoms with Crippen LogP contribution in [0.4, 0.5) is 0 Å². The minimum atomic E-state index is -0.0247. The van der Waals surface area contributed by atoms with Crippen molar-refractivity contribution in [3.63, 3.8) is 0 Å². The molecule has 0 aliphatic rings. The summed E-state index contributed by atoms with van der Waals surface area (Å²) < 4.78 is 0. The first-order valence-electron chi connectivity index (χ1n) is 9.69. The van der Waals surface area contributed by atoms with Gasteiger partial charge in [0.1, 0.15) is 6.04 Å². The van der Waals surface area contributed by atoms with Gasteiger partial charge in [-0.1, -0.05) is 78.9 Å². The SMILES string of the molecule is C[NH+](C)[C@H](CNC(=O)c1cccc2ccccc12)c1cccc2ccccc12. The molecule has 4 rings (SSSR count). The van der Waals surface area contributed by atoms with E-state index in [2.05, 4.69) is 61.9 Å². The van der Waals surface area contributed by atoms with E-state index < -0.39 is 0 Å². The Morgan fingerprint density at radius 3 is 2.07 bits per heavy atom. The van der Waals surface area contributed by atoms with Gasteiger partial charge in [-0.3, -0.25) is 4.79 Å². The molecule has 3 nitrogen and oxygen atoms in total. The molecule has 28 heavy (non-hydrogen) atoms. The highest BCUT2D eigenvalue weighted by Crippen LogP contribution is 2.23. The highest BCUT2D eigenvalue weighted by Gasteiger charge is 2.21. The van der Waals surface area contributed by atoms with Gasteiger partial charge >= 0.3 is 0 Å². The fourth-order valence-electron chi connectivity index (χ4n) is 3.89. The lowest BCUT2D eigenvalue weighted by Gasteiger charge is -2.23. The Bertz CT molecular complexity index is 1120. The number of carbonyl (C=O) groups excluding carboxylic acids is 1. The second-order valence-corrected chi connectivity index (χ2v) is 7.44. The van der Waals surface area contributed by atoms with E-state index >= 15 is 0 Å². The number of hydrogen-bond donors (Lipinski definition) is 2. The van der Waals surface area contributed by atoms with Crippen LogP contribution in [0.3, 0.4) is 0 Å². The fraction of sp³-hybridized carbons (Fsp3) is 0.160. The summed E-state index contributed by atoms with van der Waals surface area (Å²) in [5.41, 5.74) is 1.99. The quantitative estimate of drug-likeness (QED) is 0.554. The predicted octanol–water partition coefficient (Wildman–Crippen LogP) is 3.61. The van der Waals surface area contributed by atoms with E-state index in [4.69, 9.17) is 0 Å². The maximum atomic E-state index is 13.0. The summed E-state index contributed by atoms with van der Waals surface area (Å²) >= 11 is 0. The zero-order valence-electron chi connectivity index (χ0n) is 16.3. The van der Waals surface area contributed by atoms with Crippen LogP contribution in [0.2, 0.25) is 0 Å². The van der Waals surface area contributed by atoms with Crippen molar-refractivity contribution in [3.05, 3.63) is 96.1 Å². The number of likely N-dealkylation sites (N-methyl/N-ethyl adjacent to an activating group) is 1. The van der Waals surface area contributed by atoms with Crippen LogP contribution in [-0.4, -0.2) is 26.5 Å². The van der Waals surface area contributed by atoms with Crippen LogP contribution in [0.1, 0.15) is 22.0 Å². The highest BCUT2D eigenvalue weighted by atomic mass is 16.1. The molecule has 0 saturated carbocycles. The number of hydrogen-bond acceptors (Lipinski definition) is 1. The average Bonchev–Trinajstić information content (AvgIpc) is 2.73. The van der Waals surface area contributed by atoms with E-state index in [0.29, 0.717) is 6.54 Å². The standard InChI is InChI=1S/C25H24N2O/c1-27(2)24(22-15-7-11-18-9-3-5-13-20(18)22)17-26-25(28)23-16-8-12-19-10-4-6-14-21(19)23/h3-16,24H,17H2,1-2H3,(H,26,28)/p+1/t24-/m1/s1. The third-order valence-electron chi connectivity index (χ3n) is 5.40. The van der Waals surface area contributed by atoms with Gasteiger partial charge in [0, 0.05) is 11.1 Å². The molecule has 4 aromatic rings. The molecule has 2 N–H and O–H groups in total. The third kappa shape index (κ3) is 3.49. The van der Waals surface area contributed by atoms with Crippen LogP contribution in [-0.2, 0) is 0 Å². The molecular formula is C25H25N2O+. The van der Waals surface area contributed by atoms with Crippen LogP contribution in [0, 0.1) is 0 Å². The maximum Gasteiger partial charge on any atom is 0.252 e. The van der Waals surface area contributed by atoms with Crippen LogP contribution in [0.5, 0.6) is 0 Å². The molecule has 0 aliphatic carbocycles. The van der Waals surface area contributed by atoms with Crippen LogP contribution < -0.4 is 10.2 Å². The van der Waals surface area contributed by atoms with E-state index in [9.17, 15) is 4.79 Å². The maximum absolute atomic E-state index is 13.0. The number of carbonyl (C=O) groups is 1. The predicted molar refractivity (Wildman–Crippen MR) is 116 cm³/mol. The summed E-state index contributed by atoms with van der Waals surface area (Å²) in [5.74, 6) is -0.0247. The van der Waals surface area contributed by atoms with Crippen LogP contribution in [0.25, 0.3) is 21.5 Å². The summed E-state index contributed by atoms with van der Waals surface area (Å²) in [4.78, 5) is 14.2. The normalized spacial score (nSPS) is 12.4. The van der Waals surface area contributed by atoms with Crippen molar-refractivity contribution < 1.29 is 9.69 Å². The van der Waals surface area contributed by atoms with E-state index in [0.717, 1.165) is 16.3 Å². The second kappa shape index (κ2) is 7.83. The van der Waals surface area contributed by atoms with Crippen molar-refractivity contribution in [2.24, 2.45) is 0 Å². The Kier molecular flexibility index (Phi) is 5.09. The van der Waals surface area contributed by atoms with Crippen molar-refractivity contribution in [2.45, 2.75) is 6.04 Å². The Morgan fingerprint density at radius 2 is 1.36 bits per heavy atom. The molecule has 0 spiro atoms. The molecule has 0 aliphatic heterocycles. The van der Waals surface area contributed by atoms with Gasteiger partial charge in [0.05, 0.1) is 20.6 Å². The molecule has 0 aromatic heterocycles. The van der Waals surface area contributed by atoms with Crippen LogP contribution >= 0.6 is 0 Å². The summed E-state index contributed by atoms with van der Waals surface area (Å²) in [7, 11) is 4.27. The Hall–Kier alpha value is -3.17. The molecule has 0 heterocycles. The molecule has 0 fully saturated rings. The first-order chi connectivity index (χ1) is 13.6. The minimum absolute atomic E-state index is 0.0247. The minimum Gasteiger partial charge on any atom is -0.346 e. The highest BCUT2D eigenvalue weighted by molar-refractivity contribution is 6.07. The van der Waals surface area contributed by atoms with Gasteiger partial charge in [0.25, 0.3) is 5.91 Å². The van der Waals surface area contributed by atoms with Gasteiger partial charge < -0.3 is 10.2 Å².